The summed E-state index contributed by atoms with van der Waals surface area (Å²) in [7, 11) is 0. The maximum absolute atomic E-state index is 12.3. The minimum absolute atomic E-state index is 0.107. The lowest BCUT2D eigenvalue weighted by atomic mass is 9.97. The lowest BCUT2D eigenvalue weighted by Crippen LogP contribution is -2.53. The second-order valence-electron chi connectivity index (χ2n) is 4.85. The molecule has 92 valence electrons. The SMILES string of the molecule is CCC1OCCC1C(=O)N1CCN[C@@H](C)C1. The van der Waals surface area contributed by atoms with E-state index in [1.807, 2.05) is 4.90 Å². The third-order valence-electron chi connectivity index (χ3n) is 3.61. The Hall–Kier alpha value is -0.610. The van der Waals surface area contributed by atoms with Crippen LogP contribution in [0.15, 0.2) is 0 Å². The van der Waals surface area contributed by atoms with E-state index in [9.17, 15) is 4.79 Å². The van der Waals surface area contributed by atoms with Gasteiger partial charge in [-0.15, -0.1) is 0 Å². The Kier molecular flexibility index (Phi) is 3.82. The molecule has 2 aliphatic heterocycles. The molecule has 0 radical (unpaired) electrons. The van der Waals surface area contributed by atoms with Crippen LogP contribution >= 0.6 is 0 Å². The first-order chi connectivity index (χ1) is 7.72. The summed E-state index contributed by atoms with van der Waals surface area (Å²) in [4.78, 5) is 14.3. The fourth-order valence-corrected chi connectivity index (χ4v) is 2.70. The van der Waals surface area contributed by atoms with E-state index < -0.39 is 0 Å². The van der Waals surface area contributed by atoms with Gasteiger partial charge in [-0.25, -0.2) is 0 Å². The van der Waals surface area contributed by atoms with E-state index in [1.165, 1.54) is 0 Å². The van der Waals surface area contributed by atoms with Crippen molar-refractivity contribution in [3.8, 4) is 0 Å². The maximum Gasteiger partial charge on any atom is 0.228 e. The Morgan fingerprint density at radius 1 is 1.56 bits per heavy atom. The Morgan fingerprint density at radius 2 is 2.38 bits per heavy atom. The Bertz CT molecular complexity index is 257. The molecular formula is C12H22N2O2. The quantitative estimate of drug-likeness (QED) is 0.750. The molecule has 0 aromatic rings. The minimum atomic E-state index is 0.107. The van der Waals surface area contributed by atoms with Crippen LogP contribution in [0.2, 0.25) is 0 Å². The van der Waals surface area contributed by atoms with Gasteiger partial charge in [0.15, 0.2) is 0 Å². The van der Waals surface area contributed by atoms with Crippen LogP contribution in [0.3, 0.4) is 0 Å². The molecule has 2 aliphatic rings. The van der Waals surface area contributed by atoms with Crippen molar-refractivity contribution in [2.45, 2.75) is 38.8 Å². The van der Waals surface area contributed by atoms with E-state index in [4.69, 9.17) is 4.74 Å². The summed E-state index contributed by atoms with van der Waals surface area (Å²) < 4.78 is 5.59. The molecule has 2 rings (SSSR count). The predicted octanol–water partition coefficient (Wildman–Crippen LogP) is 0.622. The van der Waals surface area contributed by atoms with Gasteiger partial charge in [0.05, 0.1) is 12.0 Å². The molecule has 16 heavy (non-hydrogen) atoms. The molecule has 2 fully saturated rings. The number of nitrogens with zero attached hydrogens (tertiary/aromatic N) is 1. The molecule has 0 aromatic carbocycles. The van der Waals surface area contributed by atoms with Crippen molar-refractivity contribution in [1.82, 2.24) is 10.2 Å². The van der Waals surface area contributed by atoms with Crippen LogP contribution in [0.4, 0.5) is 0 Å². The van der Waals surface area contributed by atoms with Crippen LogP contribution in [0.1, 0.15) is 26.7 Å². The predicted molar refractivity (Wildman–Crippen MR) is 62.2 cm³/mol. The molecule has 1 N–H and O–H groups in total. The molecule has 2 unspecified atom stereocenters. The highest BCUT2D eigenvalue weighted by Gasteiger charge is 2.36. The third-order valence-corrected chi connectivity index (χ3v) is 3.61. The van der Waals surface area contributed by atoms with Gasteiger partial charge in [0.25, 0.3) is 0 Å². The number of carbonyl (C=O) groups excluding carboxylic acids is 1. The zero-order valence-corrected chi connectivity index (χ0v) is 10.2. The molecular weight excluding hydrogens is 204 g/mol. The maximum atomic E-state index is 12.3. The first-order valence-corrected chi connectivity index (χ1v) is 6.36. The monoisotopic (exact) mass is 226 g/mol. The highest BCUT2D eigenvalue weighted by molar-refractivity contribution is 5.79. The number of hydrogen-bond acceptors (Lipinski definition) is 3. The van der Waals surface area contributed by atoms with Crippen LogP contribution < -0.4 is 5.32 Å². The molecule has 0 aliphatic carbocycles. The summed E-state index contributed by atoms with van der Waals surface area (Å²) in [5.74, 6) is 0.410. The van der Waals surface area contributed by atoms with Gasteiger partial charge in [0, 0.05) is 32.3 Å². The lowest BCUT2D eigenvalue weighted by molar-refractivity contribution is -0.138. The van der Waals surface area contributed by atoms with Crippen molar-refractivity contribution in [3.05, 3.63) is 0 Å². The van der Waals surface area contributed by atoms with Crippen LogP contribution in [-0.2, 0) is 9.53 Å². The fraction of sp³-hybridized carbons (Fsp3) is 0.917. The van der Waals surface area contributed by atoms with E-state index in [-0.39, 0.29) is 12.0 Å². The van der Waals surface area contributed by atoms with Crippen molar-refractivity contribution in [2.75, 3.05) is 26.2 Å². The molecule has 0 aromatic heterocycles. The fourth-order valence-electron chi connectivity index (χ4n) is 2.70. The zero-order chi connectivity index (χ0) is 11.5. The van der Waals surface area contributed by atoms with Crippen LogP contribution in [0.25, 0.3) is 0 Å². The Labute approximate surface area is 97.3 Å². The van der Waals surface area contributed by atoms with Gasteiger partial charge in [-0.1, -0.05) is 6.92 Å². The first-order valence-electron chi connectivity index (χ1n) is 6.36. The van der Waals surface area contributed by atoms with E-state index in [1.54, 1.807) is 0 Å². The summed E-state index contributed by atoms with van der Waals surface area (Å²) >= 11 is 0. The summed E-state index contributed by atoms with van der Waals surface area (Å²) in [6.07, 6.45) is 1.99. The van der Waals surface area contributed by atoms with Gasteiger partial charge in [-0.05, 0) is 19.8 Å². The number of ether oxygens (including phenoxy) is 1. The van der Waals surface area contributed by atoms with Gasteiger partial charge >= 0.3 is 0 Å². The molecule has 1 amide bonds. The van der Waals surface area contributed by atoms with Gasteiger partial charge < -0.3 is 15.0 Å². The topological polar surface area (TPSA) is 41.6 Å². The van der Waals surface area contributed by atoms with Gasteiger partial charge in [-0.2, -0.15) is 0 Å². The molecule has 0 saturated carbocycles. The number of rotatable bonds is 2. The van der Waals surface area contributed by atoms with Crippen molar-refractivity contribution in [2.24, 2.45) is 5.92 Å². The Morgan fingerprint density at radius 3 is 3.06 bits per heavy atom. The number of carbonyl (C=O) groups is 1. The first kappa shape index (κ1) is 11.9. The smallest absolute Gasteiger partial charge is 0.228 e. The number of piperazine rings is 1. The third kappa shape index (κ3) is 2.38. The van der Waals surface area contributed by atoms with E-state index >= 15 is 0 Å². The zero-order valence-electron chi connectivity index (χ0n) is 10.2. The van der Waals surface area contributed by atoms with E-state index in [0.29, 0.717) is 11.9 Å². The van der Waals surface area contributed by atoms with Crippen LogP contribution in [0, 0.1) is 5.92 Å². The number of hydrogen-bond donors (Lipinski definition) is 1. The summed E-state index contributed by atoms with van der Waals surface area (Å²) in [6.45, 7) is 7.56. The average Bonchev–Trinajstić information content (AvgIpc) is 2.76. The van der Waals surface area contributed by atoms with Crippen molar-refractivity contribution in [1.29, 1.82) is 0 Å². The van der Waals surface area contributed by atoms with Crippen LogP contribution in [-0.4, -0.2) is 49.2 Å². The number of nitrogens with one attached hydrogen (secondary N) is 1. The highest BCUT2D eigenvalue weighted by Crippen LogP contribution is 2.25. The van der Waals surface area contributed by atoms with Crippen molar-refractivity contribution >= 4 is 5.91 Å². The molecule has 0 bridgehead atoms. The van der Waals surface area contributed by atoms with Crippen molar-refractivity contribution < 1.29 is 9.53 Å². The van der Waals surface area contributed by atoms with Gasteiger partial charge in [-0.3, -0.25) is 4.79 Å². The second-order valence-corrected chi connectivity index (χ2v) is 4.85. The van der Waals surface area contributed by atoms with E-state index in [0.717, 1.165) is 39.1 Å². The minimum Gasteiger partial charge on any atom is -0.377 e. The average molecular weight is 226 g/mol. The van der Waals surface area contributed by atoms with Gasteiger partial charge in [0.1, 0.15) is 0 Å². The summed E-state index contributed by atoms with van der Waals surface area (Å²) in [5.41, 5.74) is 0. The molecule has 0 spiro atoms. The normalized spacial score (nSPS) is 35.4. The van der Waals surface area contributed by atoms with Gasteiger partial charge in [0.2, 0.25) is 5.91 Å². The number of amides is 1. The standard InChI is InChI=1S/C12H22N2O2/c1-3-11-10(4-7-16-11)12(15)14-6-5-13-9(2)8-14/h9-11,13H,3-8H2,1-2H3/t9-,10?,11?/m0/s1. The lowest BCUT2D eigenvalue weighted by Gasteiger charge is -2.34. The van der Waals surface area contributed by atoms with Crippen LogP contribution in [0.5, 0.6) is 0 Å². The summed E-state index contributed by atoms with van der Waals surface area (Å²) in [5, 5.41) is 3.36. The Balaban J connectivity index is 1.95. The largest absolute Gasteiger partial charge is 0.377 e. The molecule has 4 heteroatoms. The summed E-state index contributed by atoms with van der Waals surface area (Å²) in [6, 6.07) is 0.417. The molecule has 4 nitrogen and oxygen atoms in total. The molecule has 2 heterocycles. The highest BCUT2D eigenvalue weighted by atomic mass is 16.5. The second kappa shape index (κ2) is 5.15. The molecule has 3 atom stereocenters. The molecule has 2 saturated heterocycles. The van der Waals surface area contributed by atoms with Crippen molar-refractivity contribution in [3.63, 3.8) is 0 Å². The van der Waals surface area contributed by atoms with E-state index in [2.05, 4.69) is 19.2 Å².